The molecule has 17 heavy (non-hydrogen) atoms. The second kappa shape index (κ2) is 4.37. The van der Waals surface area contributed by atoms with Crippen LogP contribution < -0.4 is 5.73 Å². The van der Waals surface area contributed by atoms with Gasteiger partial charge < -0.3 is 5.73 Å². The molecule has 88 valence electrons. The first-order chi connectivity index (χ1) is 8.08. The Kier molecular flexibility index (Phi) is 2.91. The molecule has 0 saturated heterocycles. The fourth-order valence-electron chi connectivity index (χ4n) is 1.54. The first kappa shape index (κ1) is 11.3. The van der Waals surface area contributed by atoms with Crippen LogP contribution in [0, 0.1) is 6.92 Å². The minimum Gasteiger partial charge on any atom is -0.398 e. The van der Waals surface area contributed by atoms with Crippen molar-refractivity contribution in [2.75, 3.05) is 5.73 Å². The zero-order valence-corrected chi connectivity index (χ0v) is 9.84. The number of Topliss-reactive ketones (excluding diaryl/α,β-unsaturated/α-hetero) is 1. The normalized spacial score (nSPS) is 10.5. The van der Waals surface area contributed by atoms with Crippen LogP contribution in [-0.2, 0) is 13.5 Å². The topological polar surface area (TPSA) is 73.8 Å². The van der Waals surface area contributed by atoms with Crippen molar-refractivity contribution in [3.63, 3.8) is 0 Å². The van der Waals surface area contributed by atoms with Gasteiger partial charge in [-0.2, -0.15) is 5.10 Å². The highest BCUT2D eigenvalue weighted by atomic mass is 16.1. The van der Waals surface area contributed by atoms with Gasteiger partial charge >= 0.3 is 0 Å². The van der Waals surface area contributed by atoms with Crippen molar-refractivity contribution in [2.45, 2.75) is 13.3 Å². The summed E-state index contributed by atoms with van der Waals surface area (Å²) in [5.41, 5.74) is 7.99. The molecular formula is C12H14N4O. The predicted molar refractivity (Wildman–Crippen MR) is 64.6 cm³/mol. The first-order valence-corrected chi connectivity index (χ1v) is 5.30. The number of benzene rings is 1. The average molecular weight is 230 g/mol. The van der Waals surface area contributed by atoms with Gasteiger partial charge in [0.2, 0.25) is 0 Å². The van der Waals surface area contributed by atoms with Crippen LogP contribution in [0.4, 0.5) is 5.69 Å². The molecule has 2 aromatic rings. The average Bonchev–Trinajstić information content (AvgIpc) is 2.68. The lowest BCUT2D eigenvalue weighted by Crippen LogP contribution is -2.09. The summed E-state index contributed by atoms with van der Waals surface area (Å²) in [4.78, 5) is 16.0. The largest absolute Gasteiger partial charge is 0.398 e. The van der Waals surface area contributed by atoms with Crippen LogP contribution in [0.2, 0.25) is 0 Å². The predicted octanol–water partition coefficient (Wildman–Crippen LogP) is 1.13. The lowest BCUT2D eigenvalue weighted by atomic mass is 10.0. The van der Waals surface area contributed by atoms with Crippen LogP contribution in [0.25, 0.3) is 0 Å². The summed E-state index contributed by atoms with van der Waals surface area (Å²) in [5.74, 6) is 0.641. The summed E-state index contributed by atoms with van der Waals surface area (Å²) in [6.07, 6.45) is 1.67. The van der Waals surface area contributed by atoms with Crippen molar-refractivity contribution in [2.24, 2.45) is 7.05 Å². The maximum Gasteiger partial charge on any atom is 0.170 e. The molecule has 5 nitrogen and oxygen atoms in total. The van der Waals surface area contributed by atoms with E-state index in [4.69, 9.17) is 5.73 Å². The molecule has 0 amide bonds. The van der Waals surface area contributed by atoms with Crippen molar-refractivity contribution in [3.05, 3.63) is 41.5 Å². The van der Waals surface area contributed by atoms with Gasteiger partial charge in [0.25, 0.3) is 0 Å². The van der Waals surface area contributed by atoms with Crippen molar-refractivity contribution >= 4 is 11.5 Å². The van der Waals surface area contributed by atoms with Crippen LogP contribution in [0.5, 0.6) is 0 Å². The van der Waals surface area contributed by atoms with E-state index in [0.717, 1.165) is 5.56 Å². The Hall–Kier alpha value is -2.17. The minimum atomic E-state index is -0.00667. The molecule has 1 aromatic carbocycles. The number of ketones is 1. The van der Waals surface area contributed by atoms with Gasteiger partial charge in [-0.15, -0.1) is 0 Å². The van der Waals surface area contributed by atoms with Crippen LogP contribution >= 0.6 is 0 Å². The molecule has 0 aliphatic carbocycles. The Morgan fingerprint density at radius 1 is 1.47 bits per heavy atom. The summed E-state index contributed by atoms with van der Waals surface area (Å²) in [6, 6.07) is 5.33. The van der Waals surface area contributed by atoms with E-state index in [1.807, 2.05) is 13.0 Å². The van der Waals surface area contributed by atoms with E-state index in [1.165, 1.54) is 6.33 Å². The molecule has 0 aliphatic heterocycles. The van der Waals surface area contributed by atoms with Crippen molar-refractivity contribution < 1.29 is 4.79 Å². The highest BCUT2D eigenvalue weighted by molar-refractivity contribution is 5.98. The monoisotopic (exact) mass is 230 g/mol. The molecule has 5 heteroatoms. The molecule has 0 aliphatic rings. The highest BCUT2D eigenvalue weighted by Crippen LogP contribution is 2.14. The number of carbonyl (C=O) groups is 1. The van der Waals surface area contributed by atoms with Gasteiger partial charge in [0, 0.05) is 18.3 Å². The van der Waals surface area contributed by atoms with Crippen LogP contribution in [0.1, 0.15) is 21.7 Å². The number of carbonyl (C=O) groups excluding carboxylic acids is 1. The van der Waals surface area contributed by atoms with E-state index in [9.17, 15) is 4.79 Å². The molecule has 0 unspecified atom stereocenters. The molecular weight excluding hydrogens is 216 g/mol. The standard InChI is InChI=1S/C12H14N4O/c1-8-3-4-9(5-10(8)13)11(17)6-12-14-7-15-16(12)2/h3-5,7H,6,13H2,1-2H3. The summed E-state index contributed by atoms with van der Waals surface area (Å²) < 4.78 is 1.59. The van der Waals surface area contributed by atoms with Gasteiger partial charge in [0.05, 0.1) is 6.42 Å². The third kappa shape index (κ3) is 2.33. The Balaban J connectivity index is 2.20. The molecule has 0 bridgehead atoms. The lowest BCUT2D eigenvalue weighted by Gasteiger charge is -2.04. The maximum atomic E-state index is 12.0. The summed E-state index contributed by atoms with van der Waals surface area (Å²) >= 11 is 0. The number of nitrogen functional groups attached to an aromatic ring is 1. The first-order valence-electron chi connectivity index (χ1n) is 5.30. The minimum absolute atomic E-state index is 0.00667. The van der Waals surface area contributed by atoms with Gasteiger partial charge in [-0.3, -0.25) is 9.48 Å². The Morgan fingerprint density at radius 2 is 2.24 bits per heavy atom. The van der Waals surface area contributed by atoms with E-state index >= 15 is 0 Å². The second-order valence-corrected chi connectivity index (χ2v) is 3.97. The summed E-state index contributed by atoms with van der Waals surface area (Å²) in [7, 11) is 1.76. The highest BCUT2D eigenvalue weighted by Gasteiger charge is 2.11. The van der Waals surface area contributed by atoms with Crippen LogP contribution in [-0.4, -0.2) is 20.5 Å². The van der Waals surface area contributed by atoms with Gasteiger partial charge in [0.15, 0.2) is 5.78 Å². The number of rotatable bonds is 3. The number of anilines is 1. The number of hydrogen-bond donors (Lipinski definition) is 1. The fourth-order valence-corrected chi connectivity index (χ4v) is 1.54. The molecule has 1 heterocycles. The Labute approximate surface area is 99.3 Å². The molecule has 0 atom stereocenters. The van der Waals surface area contributed by atoms with Crippen molar-refractivity contribution in [1.82, 2.24) is 14.8 Å². The number of nitrogens with zero attached hydrogens (tertiary/aromatic N) is 3. The van der Waals surface area contributed by atoms with Gasteiger partial charge in [-0.25, -0.2) is 4.98 Å². The van der Waals surface area contributed by atoms with Gasteiger partial charge in [-0.1, -0.05) is 12.1 Å². The number of nitrogens with two attached hydrogens (primary N) is 1. The Morgan fingerprint density at radius 3 is 2.82 bits per heavy atom. The molecule has 1 aromatic heterocycles. The zero-order chi connectivity index (χ0) is 12.4. The number of aromatic nitrogens is 3. The van der Waals surface area contributed by atoms with Crippen LogP contribution in [0.15, 0.2) is 24.5 Å². The molecule has 0 spiro atoms. The molecule has 0 saturated carbocycles. The maximum absolute atomic E-state index is 12.0. The number of hydrogen-bond acceptors (Lipinski definition) is 4. The Bertz CT molecular complexity index is 559. The van der Waals surface area contributed by atoms with Crippen molar-refractivity contribution in [1.29, 1.82) is 0 Å². The van der Waals surface area contributed by atoms with E-state index in [-0.39, 0.29) is 12.2 Å². The van der Waals surface area contributed by atoms with E-state index in [2.05, 4.69) is 10.1 Å². The second-order valence-electron chi connectivity index (χ2n) is 3.97. The number of aryl methyl sites for hydroxylation is 2. The molecule has 2 rings (SSSR count). The third-order valence-corrected chi connectivity index (χ3v) is 2.73. The van der Waals surface area contributed by atoms with Crippen LogP contribution in [0.3, 0.4) is 0 Å². The summed E-state index contributed by atoms with van der Waals surface area (Å²) in [5, 5.41) is 3.92. The van der Waals surface area contributed by atoms with E-state index in [1.54, 1.807) is 23.9 Å². The SMILES string of the molecule is Cc1ccc(C(=O)Cc2ncnn2C)cc1N. The van der Waals surface area contributed by atoms with Crippen molar-refractivity contribution in [3.8, 4) is 0 Å². The molecule has 0 fully saturated rings. The molecule has 2 N–H and O–H groups in total. The lowest BCUT2D eigenvalue weighted by molar-refractivity contribution is 0.0989. The fraction of sp³-hybridized carbons (Fsp3) is 0.250. The molecule has 0 radical (unpaired) electrons. The van der Waals surface area contributed by atoms with E-state index in [0.29, 0.717) is 17.1 Å². The summed E-state index contributed by atoms with van der Waals surface area (Å²) in [6.45, 7) is 1.91. The smallest absolute Gasteiger partial charge is 0.170 e. The quantitative estimate of drug-likeness (QED) is 0.633. The zero-order valence-electron chi connectivity index (χ0n) is 9.84. The van der Waals surface area contributed by atoms with Gasteiger partial charge in [0.1, 0.15) is 12.2 Å². The van der Waals surface area contributed by atoms with E-state index < -0.39 is 0 Å². The van der Waals surface area contributed by atoms with Gasteiger partial charge in [-0.05, 0) is 18.6 Å². The third-order valence-electron chi connectivity index (χ3n) is 2.73.